The number of aliphatic hydroxyl groups excluding tert-OH is 1. The summed E-state index contributed by atoms with van der Waals surface area (Å²) in [4.78, 5) is 0. The number of hydrogen-bond donors (Lipinski definition) is 1. The van der Waals surface area contributed by atoms with Crippen molar-refractivity contribution in [1.29, 1.82) is 0 Å². The fourth-order valence-corrected chi connectivity index (χ4v) is 1.66. The zero-order chi connectivity index (χ0) is 8.69. The van der Waals surface area contributed by atoms with Crippen LogP contribution < -0.4 is 0 Å². The van der Waals surface area contributed by atoms with Gasteiger partial charge in [0.1, 0.15) is 0 Å². The van der Waals surface area contributed by atoms with E-state index in [9.17, 15) is 0 Å². The van der Waals surface area contributed by atoms with E-state index in [1.54, 1.807) is 0 Å². The van der Waals surface area contributed by atoms with E-state index < -0.39 is 4.38 Å². The Kier molecular flexibility index (Phi) is 7.94. The molecule has 1 aliphatic rings. The van der Waals surface area contributed by atoms with Crippen molar-refractivity contribution in [2.24, 2.45) is 0 Å². The molecule has 1 nitrogen and oxygen atoms in total. The van der Waals surface area contributed by atoms with Gasteiger partial charge in [0.05, 0.1) is 0 Å². The summed E-state index contributed by atoms with van der Waals surface area (Å²) in [6.45, 7) is 0. The Morgan fingerprint density at radius 1 is 1.36 bits per heavy atom. The topological polar surface area (TPSA) is 20.2 Å². The van der Waals surface area contributed by atoms with E-state index in [4.69, 9.17) is 5.11 Å². The summed E-state index contributed by atoms with van der Waals surface area (Å²) in [5.74, 6) is 0. The first-order valence-electron chi connectivity index (χ1n) is 3.63. The van der Waals surface area contributed by atoms with Crippen LogP contribution in [0.3, 0.4) is 0 Å². The van der Waals surface area contributed by atoms with Crippen molar-refractivity contribution >= 4 is 29.2 Å². The monoisotopic (exact) mass is 282 g/mol. The van der Waals surface area contributed by atoms with E-state index in [2.05, 4.69) is 44.0 Å². The molecule has 68 valence electrons. The van der Waals surface area contributed by atoms with Crippen LogP contribution in [-0.4, -0.2) is 9.49 Å². The molecule has 0 bridgehead atoms. The van der Waals surface area contributed by atoms with Crippen molar-refractivity contribution in [2.45, 2.75) is 36.5 Å². The predicted octanol–water partition coefficient (Wildman–Crippen LogP) is 2.66. The Bertz CT molecular complexity index is 109. The summed E-state index contributed by atoms with van der Waals surface area (Å²) in [6.07, 6.45) is 7.20. The molecule has 0 aromatic carbocycles. The molecule has 0 saturated heterocycles. The number of hydrogen-bond acceptors (Lipinski definition) is 2. The Hall–Kier alpha value is 0.772. The van der Waals surface area contributed by atoms with Crippen LogP contribution in [0.1, 0.15) is 32.1 Å². The number of rotatable bonds is 0. The van der Waals surface area contributed by atoms with Crippen molar-refractivity contribution in [3.8, 4) is 0 Å². The van der Waals surface area contributed by atoms with Crippen LogP contribution in [0.4, 0.5) is 0 Å². The van der Waals surface area contributed by atoms with Gasteiger partial charge in [-0.3, -0.25) is 0 Å². The Labute approximate surface area is 89.8 Å². The van der Waals surface area contributed by atoms with Crippen molar-refractivity contribution < 1.29 is 24.3 Å². The summed E-state index contributed by atoms with van der Waals surface area (Å²) in [5.41, 5.74) is 0. The SMILES string of the molecule is OC(=S)[S-].[Pd+][CH]1CCCCC1. The van der Waals surface area contributed by atoms with Crippen LogP contribution in [0.25, 0.3) is 0 Å². The minimum absolute atomic E-state index is 0.417. The summed E-state index contributed by atoms with van der Waals surface area (Å²) in [7, 11) is 0. The van der Waals surface area contributed by atoms with Gasteiger partial charge in [0.2, 0.25) is 0 Å². The van der Waals surface area contributed by atoms with Gasteiger partial charge in [-0.1, -0.05) is 0 Å². The van der Waals surface area contributed by atoms with E-state index in [-0.39, 0.29) is 0 Å². The van der Waals surface area contributed by atoms with Gasteiger partial charge < -0.3 is 30.0 Å². The van der Waals surface area contributed by atoms with Gasteiger partial charge in [0.25, 0.3) is 0 Å². The first-order chi connectivity index (χ1) is 5.13. The summed E-state index contributed by atoms with van der Waals surface area (Å²) in [6, 6.07) is 0. The zero-order valence-electron chi connectivity index (χ0n) is 6.19. The maximum atomic E-state index is 7.60. The molecule has 0 unspecified atom stereocenters. The molecular formula is C7H12OPdS2. The third kappa shape index (κ3) is 10.8. The number of thiocarbonyl (C=S) groups is 1. The molecule has 1 saturated carbocycles. The van der Waals surface area contributed by atoms with Crippen molar-refractivity contribution in [3.05, 3.63) is 0 Å². The first kappa shape index (κ1) is 11.8. The molecule has 1 rings (SSSR count). The molecule has 0 atom stereocenters. The Morgan fingerprint density at radius 3 is 1.91 bits per heavy atom. The fourth-order valence-electron chi connectivity index (χ4n) is 1.03. The van der Waals surface area contributed by atoms with Crippen molar-refractivity contribution in [3.63, 3.8) is 0 Å². The van der Waals surface area contributed by atoms with E-state index in [1.807, 2.05) is 0 Å². The molecule has 0 radical (unpaired) electrons. The van der Waals surface area contributed by atoms with Crippen molar-refractivity contribution in [2.75, 3.05) is 0 Å². The van der Waals surface area contributed by atoms with Gasteiger partial charge in [-0.15, -0.1) is 0 Å². The van der Waals surface area contributed by atoms with Crippen molar-refractivity contribution in [1.82, 2.24) is 0 Å². The van der Waals surface area contributed by atoms with Gasteiger partial charge in [0.15, 0.2) is 0 Å². The quantitative estimate of drug-likeness (QED) is 0.419. The van der Waals surface area contributed by atoms with Gasteiger partial charge in [-0.05, 0) is 0 Å². The fraction of sp³-hybridized carbons (Fsp3) is 0.857. The molecule has 0 aromatic rings. The molecule has 0 heterocycles. The normalized spacial score (nSPS) is 18.4. The predicted molar refractivity (Wildman–Crippen MR) is 49.4 cm³/mol. The summed E-state index contributed by atoms with van der Waals surface area (Å²) >= 11 is 11.2. The Balaban J connectivity index is 0.000000218. The molecule has 1 fully saturated rings. The second kappa shape index (κ2) is 7.42. The molecule has 0 aliphatic heterocycles. The average molecular weight is 283 g/mol. The molecule has 4 heteroatoms. The van der Waals surface area contributed by atoms with Crippen LogP contribution in [0.5, 0.6) is 0 Å². The van der Waals surface area contributed by atoms with Gasteiger partial charge in [-0.25, -0.2) is 0 Å². The van der Waals surface area contributed by atoms with E-state index in [0.29, 0.717) is 0 Å². The molecule has 0 aromatic heterocycles. The third-order valence-corrected chi connectivity index (χ3v) is 2.40. The average Bonchev–Trinajstić information content (AvgIpc) is 1.87. The minimum atomic E-state index is -0.417. The maximum absolute atomic E-state index is 7.60. The molecule has 1 N–H and O–H groups in total. The summed E-state index contributed by atoms with van der Waals surface area (Å²) < 4.78 is 0.469. The van der Waals surface area contributed by atoms with Gasteiger partial charge in [-0.2, -0.15) is 0 Å². The summed E-state index contributed by atoms with van der Waals surface area (Å²) in [5, 5.41) is 7.60. The van der Waals surface area contributed by atoms with E-state index in [1.165, 1.54) is 32.1 Å². The van der Waals surface area contributed by atoms with E-state index >= 15 is 0 Å². The van der Waals surface area contributed by atoms with Gasteiger partial charge >= 0.3 is 55.7 Å². The third-order valence-electron chi connectivity index (χ3n) is 1.50. The Morgan fingerprint density at radius 2 is 1.73 bits per heavy atom. The molecule has 1 aliphatic carbocycles. The molecular weight excluding hydrogens is 271 g/mol. The molecule has 0 amide bonds. The van der Waals surface area contributed by atoms with Crippen LogP contribution >= 0.6 is 12.2 Å². The molecule has 0 spiro atoms. The van der Waals surface area contributed by atoms with Crippen LogP contribution in [0.2, 0.25) is 4.39 Å². The number of aliphatic hydroxyl groups is 1. The van der Waals surface area contributed by atoms with Crippen LogP contribution in [0.15, 0.2) is 0 Å². The molecule has 11 heavy (non-hydrogen) atoms. The second-order valence-corrected chi connectivity index (χ2v) is 4.75. The van der Waals surface area contributed by atoms with Crippen LogP contribution in [0, 0.1) is 0 Å². The standard InChI is InChI=1S/C6H11.CH2OS2.Pd/c1-2-4-6-5-3-1;2-1(3)4;/h1H,2-6H2;(H2,2,3,4);/q;;+1/p-1. The zero-order valence-corrected chi connectivity index (χ0v) is 9.38. The first-order valence-corrected chi connectivity index (χ1v) is 5.34. The van der Waals surface area contributed by atoms with E-state index in [0.717, 1.165) is 4.39 Å². The van der Waals surface area contributed by atoms with Crippen LogP contribution in [-0.2, 0) is 31.8 Å². The van der Waals surface area contributed by atoms with Gasteiger partial charge in [0, 0.05) is 4.38 Å². The second-order valence-electron chi connectivity index (χ2n) is 2.45.